The average molecular weight is 298 g/mol. The Morgan fingerprint density at radius 1 is 1.29 bits per heavy atom. The van der Waals surface area contributed by atoms with Crippen molar-refractivity contribution in [1.29, 1.82) is 0 Å². The number of halogens is 1. The van der Waals surface area contributed by atoms with E-state index < -0.39 is 0 Å². The Morgan fingerprint density at radius 3 is 2.47 bits per heavy atom. The van der Waals surface area contributed by atoms with Crippen molar-refractivity contribution in [1.82, 2.24) is 5.32 Å². The fourth-order valence-electron chi connectivity index (χ4n) is 1.49. The van der Waals surface area contributed by atoms with E-state index in [1.54, 1.807) is 0 Å². The third kappa shape index (κ3) is 4.81. The van der Waals surface area contributed by atoms with Gasteiger partial charge < -0.3 is 5.32 Å². The van der Waals surface area contributed by atoms with Crippen molar-refractivity contribution >= 4 is 15.9 Å². The largest absolute Gasteiger partial charge is 0.312 e. The Labute approximate surface area is 114 Å². The first-order valence-corrected chi connectivity index (χ1v) is 7.05. The summed E-state index contributed by atoms with van der Waals surface area (Å²) in [6, 6.07) is 6.55. The van der Waals surface area contributed by atoms with Crippen LogP contribution in [-0.2, 0) is 6.54 Å². The monoisotopic (exact) mass is 297 g/mol. The Balaban J connectivity index is 2.44. The molecule has 0 aliphatic rings. The molecule has 0 aliphatic carbocycles. The zero-order chi connectivity index (χ0) is 13.1. The molecule has 0 spiro atoms. The number of rotatable bonds is 4. The molecule has 0 saturated carbocycles. The van der Waals surface area contributed by atoms with Crippen LogP contribution in [0.25, 0.3) is 0 Å². The number of aryl methyl sites for hydroxylation is 1. The molecule has 1 aromatic carbocycles. The smallest absolute Gasteiger partial charge is 0.0207 e. The molecular weight excluding hydrogens is 274 g/mol. The van der Waals surface area contributed by atoms with Gasteiger partial charge >= 0.3 is 0 Å². The van der Waals surface area contributed by atoms with Crippen LogP contribution in [0.4, 0.5) is 0 Å². The lowest BCUT2D eigenvalue weighted by Gasteiger charge is -2.27. The number of nitrogens with one attached hydrogen (secondary N) is 1. The van der Waals surface area contributed by atoms with E-state index in [9.17, 15) is 0 Å². The molecule has 0 saturated heterocycles. The first-order valence-electron chi connectivity index (χ1n) is 6.26. The molecule has 1 nitrogen and oxygen atoms in total. The predicted octanol–water partition coefficient (Wildman–Crippen LogP) is 4.53. The van der Waals surface area contributed by atoms with Crippen molar-refractivity contribution in [2.24, 2.45) is 11.3 Å². The topological polar surface area (TPSA) is 12.0 Å². The van der Waals surface area contributed by atoms with Gasteiger partial charge in [0.05, 0.1) is 0 Å². The summed E-state index contributed by atoms with van der Waals surface area (Å²) in [5.74, 6) is 0.677. The molecule has 2 heteroatoms. The van der Waals surface area contributed by atoms with Crippen LogP contribution < -0.4 is 5.32 Å². The maximum Gasteiger partial charge on any atom is 0.0207 e. The Kier molecular flexibility index (Phi) is 5.21. The molecule has 0 amide bonds. The van der Waals surface area contributed by atoms with Crippen LogP contribution in [0.3, 0.4) is 0 Å². The van der Waals surface area contributed by atoms with E-state index in [1.165, 1.54) is 15.6 Å². The first kappa shape index (κ1) is 14.7. The van der Waals surface area contributed by atoms with Crippen molar-refractivity contribution in [3.8, 4) is 0 Å². The standard InChI is InChI=1S/C15H24BrN/c1-11-6-7-13(8-14(11)16)10-17-9-12(2)15(3,4)5/h6-8,12,17H,9-10H2,1-5H3. The molecular formula is C15H24BrN. The molecule has 0 heterocycles. The maximum atomic E-state index is 3.57. The van der Waals surface area contributed by atoms with Gasteiger partial charge in [0.15, 0.2) is 0 Å². The van der Waals surface area contributed by atoms with Gasteiger partial charge in [-0.05, 0) is 42.0 Å². The molecule has 0 radical (unpaired) electrons. The highest BCUT2D eigenvalue weighted by Gasteiger charge is 2.19. The molecule has 1 atom stereocenters. The highest BCUT2D eigenvalue weighted by molar-refractivity contribution is 9.10. The van der Waals surface area contributed by atoms with Crippen molar-refractivity contribution < 1.29 is 0 Å². The van der Waals surface area contributed by atoms with Crippen molar-refractivity contribution in [2.75, 3.05) is 6.54 Å². The van der Waals surface area contributed by atoms with Gasteiger partial charge in [-0.1, -0.05) is 55.8 Å². The molecule has 1 N–H and O–H groups in total. The van der Waals surface area contributed by atoms with E-state index in [0.717, 1.165) is 13.1 Å². The minimum absolute atomic E-state index is 0.376. The van der Waals surface area contributed by atoms with Crippen molar-refractivity contribution in [3.05, 3.63) is 33.8 Å². The summed E-state index contributed by atoms with van der Waals surface area (Å²) in [6.07, 6.45) is 0. The molecule has 96 valence electrons. The highest BCUT2D eigenvalue weighted by atomic mass is 79.9. The van der Waals surface area contributed by atoms with Crippen LogP contribution in [0.15, 0.2) is 22.7 Å². The summed E-state index contributed by atoms with van der Waals surface area (Å²) in [5, 5.41) is 3.53. The minimum Gasteiger partial charge on any atom is -0.312 e. The lowest BCUT2D eigenvalue weighted by molar-refractivity contribution is 0.252. The predicted molar refractivity (Wildman–Crippen MR) is 79.2 cm³/mol. The Bertz CT molecular complexity index is 366. The lowest BCUT2D eigenvalue weighted by Crippen LogP contribution is -2.29. The van der Waals surface area contributed by atoms with E-state index in [-0.39, 0.29) is 0 Å². The van der Waals surface area contributed by atoms with Gasteiger partial charge in [0.2, 0.25) is 0 Å². The van der Waals surface area contributed by atoms with Gasteiger partial charge in [-0.2, -0.15) is 0 Å². The summed E-state index contributed by atoms with van der Waals surface area (Å²) >= 11 is 3.57. The molecule has 0 bridgehead atoms. The molecule has 1 unspecified atom stereocenters. The van der Waals surface area contributed by atoms with Crippen LogP contribution in [0.5, 0.6) is 0 Å². The molecule has 1 rings (SSSR count). The van der Waals surface area contributed by atoms with Crippen LogP contribution in [0.2, 0.25) is 0 Å². The Hall–Kier alpha value is -0.340. The summed E-state index contributed by atoms with van der Waals surface area (Å²) < 4.78 is 1.20. The summed E-state index contributed by atoms with van der Waals surface area (Å²) in [6.45, 7) is 13.3. The van der Waals surface area contributed by atoms with Gasteiger partial charge in [-0.3, -0.25) is 0 Å². The average Bonchev–Trinajstić information content (AvgIpc) is 2.22. The van der Waals surface area contributed by atoms with Crippen LogP contribution in [0, 0.1) is 18.3 Å². The second-order valence-electron chi connectivity index (χ2n) is 5.98. The summed E-state index contributed by atoms with van der Waals surface area (Å²) in [4.78, 5) is 0. The summed E-state index contributed by atoms with van der Waals surface area (Å²) in [5.41, 5.74) is 3.00. The van der Waals surface area contributed by atoms with Gasteiger partial charge in [-0.15, -0.1) is 0 Å². The number of benzene rings is 1. The van der Waals surface area contributed by atoms with Crippen LogP contribution in [-0.4, -0.2) is 6.54 Å². The van der Waals surface area contributed by atoms with E-state index in [4.69, 9.17) is 0 Å². The minimum atomic E-state index is 0.376. The van der Waals surface area contributed by atoms with Gasteiger partial charge in [0.1, 0.15) is 0 Å². The van der Waals surface area contributed by atoms with Gasteiger partial charge in [-0.25, -0.2) is 0 Å². The van der Waals surface area contributed by atoms with Crippen molar-refractivity contribution in [3.63, 3.8) is 0 Å². The fourth-order valence-corrected chi connectivity index (χ4v) is 1.91. The zero-order valence-corrected chi connectivity index (χ0v) is 13.2. The molecule has 0 aliphatic heterocycles. The van der Waals surface area contributed by atoms with Gasteiger partial charge in [0.25, 0.3) is 0 Å². The Morgan fingerprint density at radius 2 is 1.94 bits per heavy atom. The third-order valence-electron chi connectivity index (χ3n) is 3.49. The first-order chi connectivity index (χ1) is 7.80. The zero-order valence-electron chi connectivity index (χ0n) is 11.6. The second kappa shape index (κ2) is 6.01. The second-order valence-corrected chi connectivity index (χ2v) is 6.84. The molecule has 1 aromatic rings. The van der Waals surface area contributed by atoms with Crippen LogP contribution in [0.1, 0.15) is 38.8 Å². The fraction of sp³-hybridized carbons (Fsp3) is 0.600. The number of hydrogen-bond donors (Lipinski definition) is 1. The van der Waals surface area contributed by atoms with E-state index in [1.807, 2.05) is 0 Å². The molecule has 0 fully saturated rings. The van der Waals surface area contributed by atoms with E-state index in [0.29, 0.717) is 11.3 Å². The van der Waals surface area contributed by atoms with E-state index in [2.05, 4.69) is 74.1 Å². The maximum absolute atomic E-state index is 3.57. The SMILES string of the molecule is Cc1ccc(CNCC(C)C(C)(C)C)cc1Br. The van der Waals surface area contributed by atoms with E-state index >= 15 is 0 Å². The van der Waals surface area contributed by atoms with Gasteiger partial charge in [0, 0.05) is 11.0 Å². The lowest BCUT2D eigenvalue weighted by atomic mass is 9.82. The third-order valence-corrected chi connectivity index (χ3v) is 4.35. The van der Waals surface area contributed by atoms with Crippen molar-refractivity contribution in [2.45, 2.75) is 41.2 Å². The molecule has 17 heavy (non-hydrogen) atoms. The van der Waals surface area contributed by atoms with Crippen LogP contribution >= 0.6 is 15.9 Å². The highest BCUT2D eigenvalue weighted by Crippen LogP contribution is 2.24. The quantitative estimate of drug-likeness (QED) is 0.861. The number of hydrogen-bond acceptors (Lipinski definition) is 1. The summed E-state index contributed by atoms with van der Waals surface area (Å²) in [7, 11) is 0. The normalized spacial score (nSPS) is 13.8. The molecule has 0 aromatic heterocycles.